The van der Waals surface area contributed by atoms with E-state index in [1.807, 2.05) is 23.1 Å². The first-order chi connectivity index (χ1) is 12.1. The van der Waals surface area contributed by atoms with Crippen molar-refractivity contribution in [3.05, 3.63) is 55.6 Å². The predicted molar refractivity (Wildman–Crippen MR) is 105 cm³/mol. The van der Waals surface area contributed by atoms with Gasteiger partial charge in [0, 0.05) is 21.4 Å². The highest BCUT2D eigenvalue weighted by molar-refractivity contribution is 14.1. The fourth-order valence-corrected chi connectivity index (χ4v) is 3.94. The molecule has 2 heterocycles. The molecule has 0 radical (unpaired) electrons. The van der Waals surface area contributed by atoms with Crippen LogP contribution in [0.1, 0.15) is 5.56 Å². The molecule has 3 aromatic rings. The molecule has 1 aliphatic rings. The third kappa shape index (κ3) is 3.05. The molecule has 4 nitrogen and oxygen atoms in total. The standard InChI is InChI=1S/C17H11Cl2FIN3O/c18-10-4-5-11(20)14-15(10)22-17(19)23-16(14)24-6-7-25-8-9-12(21)2-1-3-13(9)24/h1-5H,6-8H2. The molecule has 0 amide bonds. The zero-order valence-electron chi connectivity index (χ0n) is 12.8. The SMILES string of the molecule is Fc1ccc(Cl)c2nc(Cl)nc(N3CCOCc4c(I)cccc43)c12. The van der Waals surface area contributed by atoms with Crippen molar-refractivity contribution in [2.45, 2.75) is 6.61 Å². The van der Waals surface area contributed by atoms with E-state index in [2.05, 4.69) is 32.6 Å². The summed E-state index contributed by atoms with van der Waals surface area (Å²) in [6, 6.07) is 8.71. The first-order valence-electron chi connectivity index (χ1n) is 7.50. The van der Waals surface area contributed by atoms with Crippen molar-refractivity contribution in [2.75, 3.05) is 18.1 Å². The molecule has 1 aliphatic heterocycles. The van der Waals surface area contributed by atoms with Crippen molar-refractivity contribution in [3.63, 3.8) is 0 Å². The van der Waals surface area contributed by atoms with Crippen LogP contribution in [0.2, 0.25) is 10.3 Å². The highest BCUT2D eigenvalue weighted by atomic mass is 127. The minimum absolute atomic E-state index is 0.0207. The fourth-order valence-electron chi connectivity index (χ4n) is 2.93. The van der Waals surface area contributed by atoms with Crippen molar-refractivity contribution in [2.24, 2.45) is 0 Å². The lowest BCUT2D eigenvalue weighted by molar-refractivity contribution is 0.132. The number of fused-ring (bicyclic) bond motifs is 2. The summed E-state index contributed by atoms with van der Waals surface area (Å²) in [4.78, 5) is 10.3. The Morgan fingerprint density at radius 1 is 1.16 bits per heavy atom. The van der Waals surface area contributed by atoms with E-state index < -0.39 is 5.82 Å². The van der Waals surface area contributed by atoms with Crippen LogP contribution in [0.4, 0.5) is 15.9 Å². The molecule has 0 fully saturated rings. The molecule has 0 N–H and O–H groups in total. The topological polar surface area (TPSA) is 38.2 Å². The second kappa shape index (κ2) is 6.83. The number of benzene rings is 2. The normalized spacial score (nSPS) is 14.5. The molecule has 0 saturated heterocycles. The van der Waals surface area contributed by atoms with Crippen LogP contribution >= 0.6 is 45.8 Å². The van der Waals surface area contributed by atoms with E-state index in [-0.39, 0.29) is 10.7 Å². The van der Waals surface area contributed by atoms with Gasteiger partial charge in [0.15, 0.2) is 0 Å². The molecule has 0 spiro atoms. The molecule has 8 heteroatoms. The minimum atomic E-state index is -0.441. The summed E-state index contributed by atoms with van der Waals surface area (Å²) in [6.45, 7) is 1.49. The van der Waals surface area contributed by atoms with Crippen LogP contribution < -0.4 is 4.90 Å². The number of ether oxygens (including phenoxy) is 1. The molecule has 128 valence electrons. The van der Waals surface area contributed by atoms with Gasteiger partial charge in [-0.25, -0.2) is 9.37 Å². The third-order valence-corrected chi connectivity index (χ3v) is 5.53. The maximum Gasteiger partial charge on any atom is 0.224 e. The number of rotatable bonds is 1. The van der Waals surface area contributed by atoms with Gasteiger partial charge >= 0.3 is 0 Å². The highest BCUT2D eigenvalue weighted by Crippen LogP contribution is 2.38. The van der Waals surface area contributed by atoms with Gasteiger partial charge in [0.2, 0.25) is 5.28 Å². The zero-order valence-corrected chi connectivity index (χ0v) is 16.4. The van der Waals surface area contributed by atoms with Gasteiger partial charge in [-0.3, -0.25) is 0 Å². The molecule has 0 saturated carbocycles. The van der Waals surface area contributed by atoms with Crippen molar-refractivity contribution in [1.82, 2.24) is 9.97 Å². The van der Waals surface area contributed by atoms with Crippen LogP contribution in [0, 0.1) is 9.39 Å². The quantitative estimate of drug-likeness (QED) is 0.341. The molecule has 2 aromatic carbocycles. The Morgan fingerprint density at radius 3 is 2.84 bits per heavy atom. The van der Waals surface area contributed by atoms with Gasteiger partial charge in [-0.15, -0.1) is 0 Å². The molecule has 25 heavy (non-hydrogen) atoms. The molecule has 0 bridgehead atoms. The first-order valence-corrected chi connectivity index (χ1v) is 9.33. The summed E-state index contributed by atoms with van der Waals surface area (Å²) in [5, 5.41) is 0.604. The summed E-state index contributed by atoms with van der Waals surface area (Å²) in [5.74, 6) is -0.0489. The second-order valence-corrected chi connectivity index (χ2v) is 7.42. The van der Waals surface area contributed by atoms with Gasteiger partial charge in [-0.1, -0.05) is 17.7 Å². The molecule has 0 unspecified atom stereocenters. The molecule has 4 rings (SSSR count). The Labute approximate surface area is 167 Å². The molecule has 1 aromatic heterocycles. The summed E-state index contributed by atoms with van der Waals surface area (Å²) in [6.07, 6.45) is 0. The number of hydrogen-bond acceptors (Lipinski definition) is 4. The average Bonchev–Trinajstić information content (AvgIpc) is 2.81. The van der Waals surface area contributed by atoms with E-state index in [1.54, 1.807) is 0 Å². The van der Waals surface area contributed by atoms with Gasteiger partial charge in [-0.2, -0.15) is 4.98 Å². The van der Waals surface area contributed by atoms with Crippen molar-refractivity contribution < 1.29 is 9.13 Å². The number of anilines is 2. The fraction of sp³-hybridized carbons (Fsp3) is 0.176. The van der Waals surface area contributed by atoms with Gasteiger partial charge in [0.25, 0.3) is 0 Å². The van der Waals surface area contributed by atoms with Crippen LogP contribution in [-0.2, 0) is 11.3 Å². The van der Waals surface area contributed by atoms with Gasteiger partial charge < -0.3 is 9.64 Å². The lowest BCUT2D eigenvalue weighted by Crippen LogP contribution is -2.22. The number of halogens is 4. The smallest absolute Gasteiger partial charge is 0.224 e. The molecule has 0 aliphatic carbocycles. The third-order valence-electron chi connectivity index (χ3n) is 4.05. The van der Waals surface area contributed by atoms with Gasteiger partial charge in [-0.05, 0) is 58.5 Å². The number of hydrogen-bond donors (Lipinski definition) is 0. The van der Waals surface area contributed by atoms with Gasteiger partial charge in [0.05, 0.1) is 29.1 Å². The molecule has 0 atom stereocenters. The largest absolute Gasteiger partial charge is 0.375 e. The summed E-state index contributed by atoms with van der Waals surface area (Å²) in [7, 11) is 0. The van der Waals surface area contributed by atoms with E-state index in [0.717, 1.165) is 14.8 Å². The minimum Gasteiger partial charge on any atom is -0.375 e. The van der Waals surface area contributed by atoms with Crippen LogP contribution in [0.5, 0.6) is 0 Å². The lowest BCUT2D eigenvalue weighted by Gasteiger charge is -2.25. The Hall–Kier alpha value is -1.22. The zero-order chi connectivity index (χ0) is 17.6. The van der Waals surface area contributed by atoms with Gasteiger partial charge in [0.1, 0.15) is 11.6 Å². The Balaban J connectivity index is 2.03. The maximum atomic E-state index is 14.6. The van der Waals surface area contributed by atoms with E-state index in [9.17, 15) is 4.39 Å². The Morgan fingerprint density at radius 2 is 2.00 bits per heavy atom. The van der Waals surface area contributed by atoms with E-state index in [4.69, 9.17) is 27.9 Å². The summed E-state index contributed by atoms with van der Waals surface area (Å²) in [5.41, 5.74) is 2.25. The molecular weight excluding hydrogens is 479 g/mol. The van der Waals surface area contributed by atoms with Crippen LogP contribution in [-0.4, -0.2) is 23.1 Å². The average molecular weight is 490 g/mol. The monoisotopic (exact) mass is 489 g/mol. The van der Waals surface area contributed by atoms with Crippen LogP contribution in [0.15, 0.2) is 30.3 Å². The molecular formula is C17H11Cl2FIN3O. The predicted octanol–water partition coefficient (Wildman–Crippen LogP) is 5.35. The van der Waals surface area contributed by atoms with Crippen LogP contribution in [0.25, 0.3) is 10.9 Å². The number of aromatic nitrogens is 2. The van der Waals surface area contributed by atoms with E-state index in [0.29, 0.717) is 36.1 Å². The summed E-state index contributed by atoms with van der Waals surface area (Å²) < 4.78 is 21.4. The maximum absolute atomic E-state index is 14.6. The summed E-state index contributed by atoms with van der Waals surface area (Å²) >= 11 is 14.6. The van der Waals surface area contributed by atoms with E-state index in [1.165, 1.54) is 12.1 Å². The lowest BCUT2D eigenvalue weighted by atomic mass is 10.1. The van der Waals surface area contributed by atoms with Crippen LogP contribution in [0.3, 0.4) is 0 Å². The van der Waals surface area contributed by atoms with Crippen molar-refractivity contribution in [3.8, 4) is 0 Å². The Bertz CT molecular complexity index is 986. The Kier molecular flexibility index (Phi) is 4.70. The first kappa shape index (κ1) is 17.2. The highest BCUT2D eigenvalue weighted by Gasteiger charge is 2.24. The van der Waals surface area contributed by atoms with E-state index >= 15 is 0 Å². The van der Waals surface area contributed by atoms with Crippen molar-refractivity contribution >= 4 is 68.2 Å². The van der Waals surface area contributed by atoms with Crippen molar-refractivity contribution in [1.29, 1.82) is 0 Å². The second-order valence-electron chi connectivity index (χ2n) is 5.51. The number of nitrogens with zero attached hydrogens (tertiary/aromatic N) is 3.